The minimum absolute atomic E-state index is 0.0701. The number of fused-ring (bicyclic) bond motifs is 3. The molecule has 2 bridgehead atoms. The number of sulfone groups is 1. The minimum Gasteiger partial charge on any atom is -0.382 e. The molecule has 220 valence electrons. The third kappa shape index (κ3) is 4.42. The Morgan fingerprint density at radius 2 is 1.77 bits per heavy atom. The second-order valence-corrected chi connectivity index (χ2v) is 12.9. The lowest BCUT2D eigenvalue weighted by Crippen LogP contribution is -2.46. The number of hydrogen-bond acceptors (Lipinski definition) is 9. The number of H-pyrrole nitrogens is 1. The number of rotatable bonds is 5. The van der Waals surface area contributed by atoms with Gasteiger partial charge in [0.2, 0.25) is 5.82 Å². The number of nitrogens with one attached hydrogen (secondary N) is 1. The average Bonchev–Trinajstić information content (AvgIpc) is 3.71. The van der Waals surface area contributed by atoms with E-state index >= 15 is 0 Å². The molecule has 1 unspecified atom stereocenters. The molecule has 2 aliphatic rings. The molecule has 2 saturated heterocycles. The average molecular weight is 606 g/mol. The highest BCUT2D eigenvalue weighted by Gasteiger charge is 2.46. The fourth-order valence-electron chi connectivity index (χ4n) is 6.48. The summed E-state index contributed by atoms with van der Waals surface area (Å²) in [5.41, 5.74) is 8.05. The fourth-order valence-corrected chi connectivity index (χ4v) is 7.54. The Balaban J connectivity index is 1.29. The summed E-state index contributed by atoms with van der Waals surface area (Å²) in [6.45, 7) is 0. The first-order valence-corrected chi connectivity index (χ1v) is 15.5. The topological polar surface area (TPSA) is 165 Å². The van der Waals surface area contributed by atoms with E-state index in [0.717, 1.165) is 31.2 Å². The van der Waals surface area contributed by atoms with Crippen molar-refractivity contribution in [3.63, 3.8) is 0 Å². The quantitative estimate of drug-likeness (QED) is 0.305. The summed E-state index contributed by atoms with van der Waals surface area (Å²) < 4.78 is 56.0. The van der Waals surface area contributed by atoms with Gasteiger partial charge in [-0.25, -0.2) is 27.2 Å². The Labute approximate surface area is 243 Å². The normalized spacial score (nSPS) is 20.2. The molecule has 2 fully saturated rings. The molecule has 0 radical (unpaired) electrons. The van der Waals surface area contributed by atoms with Crippen molar-refractivity contribution >= 4 is 27.2 Å². The van der Waals surface area contributed by atoms with Gasteiger partial charge in [0, 0.05) is 41.6 Å². The van der Waals surface area contributed by atoms with Crippen LogP contribution in [0.4, 0.5) is 14.6 Å². The number of hydrogen-bond donors (Lipinski definition) is 2. The SMILES string of the molecule is CS(=O)(=O)c1c(C2C[C@H]3CC[C@@H](C2)N3C(=O)c2ncn[nH]2)nc2c(-c3ccc(-c4c(F)cccc4F)nc3)cnn2c1N. The smallest absolute Gasteiger partial charge is 0.291 e. The summed E-state index contributed by atoms with van der Waals surface area (Å²) in [4.78, 5) is 28.0. The van der Waals surface area contributed by atoms with Gasteiger partial charge in [0.25, 0.3) is 5.91 Å². The number of carbonyl (C=O) groups is 1. The van der Waals surface area contributed by atoms with E-state index in [-0.39, 0.29) is 51.7 Å². The van der Waals surface area contributed by atoms with Crippen molar-refractivity contribution in [3.8, 4) is 22.4 Å². The molecule has 0 spiro atoms. The van der Waals surface area contributed by atoms with Gasteiger partial charge < -0.3 is 10.6 Å². The minimum atomic E-state index is -3.82. The highest BCUT2D eigenvalue weighted by Crippen LogP contribution is 2.45. The first-order chi connectivity index (χ1) is 20.6. The van der Waals surface area contributed by atoms with Crippen molar-refractivity contribution in [1.82, 2.24) is 39.7 Å². The zero-order valence-electron chi connectivity index (χ0n) is 22.8. The van der Waals surface area contributed by atoms with Crippen LogP contribution < -0.4 is 5.73 Å². The van der Waals surface area contributed by atoms with E-state index < -0.39 is 21.5 Å². The third-order valence-electron chi connectivity index (χ3n) is 8.30. The van der Waals surface area contributed by atoms with Crippen LogP contribution in [0.15, 0.2) is 53.9 Å². The first-order valence-electron chi connectivity index (χ1n) is 13.6. The van der Waals surface area contributed by atoms with E-state index in [0.29, 0.717) is 35.3 Å². The van der Waals surface area contributed by atoms with Crippen molar-refractivity contribution < 1.29 is 22.0 Å². The van der Waals surface area contributed by atoms with E-state index in [9.17, 15) is 22.0 Å². The standard InChI is InChI=1S/C28H25F2N9O3S/c1-43(41,42)24-23(15-9-16-6-7-17(10-15)38(16)28(40)26-33-13-34-37-26)36-27-18(12-35-39(27)25(24)31)14-5-8-21(32-11-14)22-19(29)3-2-4-20(22)30/h2-5,8,11-13,15-17H,6-7,9-10,31H2,1H3,(H,33,34,37)/t15?,16-,17+. The molecule has 3 N–H and O–H groups in total. The maximum atomic E-state index is 14.3. The predicted molar refractivity (Wildman–Crippen MR) is 150 cm³/mol. The van der Waals surface area contributed by atoms with E-state index in [1.54, 1.807) is 6.07 Å². The van der Waals surface area contributed by atoms with Crippen LogP contribution in [0.2, 0.25) is 0 Å². The molecule has 7 rings (SSSR count). The fraction of sp³-hybridized carbons (Fsp3) is 0.286. The molecular formula is C28H25F2N9O3S. The van der Waals surface area contributed by atoms with Crippen LogP contribution in [-0.4, -0.2) is 72.3 Å². The van der Waals surface area contributed by atoms with Crippen molar-refractivity contribution in [2.75, 3.05) is 12.0 Å². The molecule has 6 heterocycles. The van der Waals surface area contributed by atoms with Gasteiger partial charge in [-0.1, -0.05) is 12.1 Å². The summed E-state index contributed by atoms with van der Waals surface area (Å²) in [5, 5.41) is 10.7. The lowest BCUT2D eigenvalue weighted by Gasteiger charge is -2.38. The number of amides is 1. The Morgan fingerprint density at radius 3 is 2.37 bits per heavy atom. The summed E-state index contributed by atoms with van der Waals surface area (Å²) >= 11 is 0. The molecule has 3 atom stereocenters. The van der Waals surface area contributed by atoms with Gasteiger partial charge in [-0.05, 0) is 43.9 Å². The summed E-state index contributed by atoms with van der Waals surface area (Å²) in [5.74, 6) is -1.89. The maximum absolute atomic E-state index is 14.3. The largest absolute Gasteiger partial charge is 0.382 e. The first kappa shape index (κ1) is 27.1. The third-order valence-corrected chi connectivity index (χ3v) is 9.46. The van der Waals surface area contributed by atoms with Crippen molar-refractivity contribution in [2.24, 2.45) is 0 Å². The van der Waals surface area contributed by atoms with Gasteiger partial charge >= 0.3 is 0 Å². The van der Waals surface area contributed by atoms with Crippen LogP contribution in [0.3, 0.4) is 0 Å². The second-order valence-electron chi connectivity index (χ2n) is 10.9. The molecule has 1 aromatic carbocycles. The Bertz CT molecular complexity index is 1960. The van der Waals surface area contributed by atoms with E-state index in [4.69, 9.17) is 10.7 Å². The number of carbonyl (C=O) groups excluding carboxylic acids is 1. The molecule has 0 aliphatic carbocycles. The van der Waals surface area contributed by atoms with Crippen molar-refractivity contribution in [2.45, 2.75) is 48.6 Å². The van der Waals surface area contributed by atoms with Crippen LogP contribution in [-0.2, 0) is 9.84 Å². The molecule has 15 heteroatoms. The number of nitrogens with zero attached hydrogens (tertiary/aromatic N) is 7. The summed E-state index contributed by atoms with van der Waals surface area (Å²) in [6.07, 6.45) is 7.85. The highest BCUT2D eigenvalue weighted by molar-refractivity contribution is 7.91. The second kappa shape index (κ2) is 9.90. The van der Waals surface area contributed by atoms with E-state index in [2.05, 4.69) is 25.3 Å². The maximum Gasteiger partial charge on any atom is 0.291 e. The number of anilines is 1. The number of nitrogen functional groups attached to an aromatic ring is 1. The number of benzene rings is 1. The van der Waals surface area contributed by atoms with Crippen LogP contribution >= 0.6 is 0 Å². The van der Waals surface area contributed by atoms with Crippen molar-refractivity contribution in [3.05, 3.63) is 72.2 Å². The summed E-state index contributed by atoms with van der Waals surface area (Å²) in [6, 6.07) is 6.47. The molecule has 5 aromatic rings. The van der Waals surface area contributed by atoms with Gasteiger partial charge in [-0.15, -0.1) is 0 Å². The van der Waals surface area contributed by atoms with Gasteiger partial charge in [0.1, 0.15) is 28.7 Å². The van der Waals surface area contributed by atoms with Crippen molar-refractivity contribution in [1.29, 1.82) is 0 Å². The number of aromatic nitrogens is 7. The number of piperidine rings is 1. The van der Waals surface area contributed by atoms with Crippen LogP contribution in [0.1, 0.15) is 47.9 Å². The number of halogens is 2. The molecule has 2 aliphatic heterocycles. The Hall–Kier alpha value is -4.79. The van der Waals surface area contributed by atoms with E-state index in [1.165, 1.54) is 35.4 Å². The number of nitrogens with two attached hydrogens (primary N) is 1. The molecule has 0 saturated carbocycles. The molecule has 12 nitrogen and oxygen atoms in total. The Morgan fingerprint density at radius 1 is 1.05 bits per heavy atom. The van der Waals surface area contributed by atoms with Crippen LogP contribution in [0, 0.1) is 11.6 Å². The zero-order valence-corrected chi connectivity index (χ0v) is 23.6. The number of aromatic amines is 1. The molecule has 1 amide bonds. The van der Waals surface area contributed by atoms with Gasteiger partial charge in [-0.2, -0.15) is 14.7 Å². The van der Waals surface area contributed by atoms with Crippen LogP contribution in [0.5, 0.6) is 0 Å². The predicted octanol–water partition coefficient (Wildman–Crippen LogP) is 3.39. The van der Waals surface area contributed by atoms with Gasteiger partial charge in [0.15, 0.2) is 15.5 Å². The van der Waals surface area contributed by atoms with Crippen LogP contribution in [0.25, 0.3) is 28.0 Å². The monoisotopic (exact) mass is 605 g/mol. The molecule has 4 aromatic heterocycles. The van der Waals surface area contributed by atoms with Gasteiger partial charge in [0.05, 0.1) is 23.1 Å². The zero-order chi connectivity index (χ0) is 30.0. The van der Waals surface area contributed by atoms with Gasteiger partial charge in [-0.3, -0.25) is 14.9 Å². The molecular weight excluding hydrogens is 580 g/mol. The lowest BCUT2D eigenvalue weighted by atomic mass is 9.87. The Kier molecular flexibility index (Phi) is 6.23. The van der Waals surface area contributed by atoms with E-state index in [1.807, 2.05) is 4.90 Å². The lowest BCUT2D eigenvalue weighted by molar-refractivity contribution is 0.0556. The molecule has 43 heavy (non-hydrogen) atoms. The highest BCUT2D eigenvalue weighted by atomic mass is 32.2. The number of pyridine rings is 1. The summed E-state index contributed by atoms with van der Waals surface area (Å²) in [7, 11) is -3.82.